The fourth-order valence-corrected chi connectivity index (χ4v) is 7.56. The van der Waals surface area contributed by atoms with Crippen LogP contribution in [0, 0.1) is 0 Å². The van der Waals surface area contributed by atoms with Crippen LogP contribution in [-0.4, -0.2) is 4.98 Å². The summed E-state index contributed by atoms with van der Waals surface area (Å²) in [5, 5.41) is 7.50. The minimum Gasteiger partial charge on any atom is -0.295 e. The molecular weight excluding hydrogens is 577 g/mol. The molecule has 7 aromatic carbocycles. The molecule has 0 bridgehead atoms. The molecule has 216 valence electrons. The Labute approximate surface area is 271 Å². The first-order valence-corrected chi connectivity index (χ1v) is 16.3. The summed E-state index contributed by atoms with van der Waals surface area (Å²) in [7, 11) is 0. The van der Waals surface area contributed by atoms with Gasteiger partial charge in [0.1, 0.15) is 5.82 Å². The second-order valence-electron chi connectivity index (χ2n) is 11.7. The number of anilines is 3. The van der Waals surface area contributed by atoms with Crippen molar-refractivity contribution in [3.05, 3.63) is 170 Å². The molecule has 0 saturated heterocycles. The molecule has 0 spiro atoms. The molecule has 0 radical (unpaired) electrons. The summed E-state index contributed by atoms with van der Waals surface area (Å²) in [6.45, 7) is 0. The van der Waals surface area contributed by atoms with E-state index in [1.807, 2.05) is 6.20 Å². The second-order valence-corrected chi connectivity index (χ2v) is 12.8. The van der Waals surface area contributed by atoms with Crippen molar-refractivity contribution >= 4 is 70.2 Å². The summed E-state index contributed by atoms with van der Waals surface area (Å²) in [6.07, 6.45) is 2.02. The number of nitrogens with zero attached hydrogens (tertiary/aromatic N) is 2. The molecule has 0 atom stereocenters. The Balaban J connectivity index is 1.14. The van der Waals surface area contributed by atoms with E-state index in [2.05, 4.69) is 169 Å². The van der Waals surface area contributed by atoms with Gasteiger partial charge in [-0.3, -0.25) is 4.90 Å². The zero-order chi connectivity index (χ0) is 30.5. The van der Waals surface area contributed by atoms with E-state index >= 15 is 0 Å². The van der Waals surface area contributed by atoms with Gasteiger partial charge >= 0.3 is 0 Å². The Bertz CT molecular complexity index is 2410. The molecule has 9 rings (SSSR count). The molecule has 0 N–H and O–H groups in total. The Morgan fingerprint density at radius 2 is 0.891 bits per heavy atom. The van der Waals surface area contributed by atoms with Crippen molar-refractivity contribution in [2.75, 3.05) is 4.90 Å². The molecule has 2 aromatic heterocycles. The van der Waals surface area contributed by atoms with Gasteiger partial charge in [0.05, 0.1) is 4.70 Å². The van der Waals surface area contributed by atoms with E-state index in [0.717, 1.165) is 17.2 Å². The van der Waals surface area contributed by atoms with E-state index in [0.29, 0.717) is 0 Å². The summed E-state index contributed by atoms with van der Waals surface area (Å²) >= 11 is 1.79. The molecule has 0 fully saturated rings. The average Bonchev–Trinajstić information content (AvgIpc) is 3.50. The first kappa shape index (κ1) is 26.6. The number of hydrogen-bond donors (Lipinski definition) is 0. The molecule has 9 aromatic rings. The van der Waals surface area contributed by atoms with Crippen LogP contribution in [0.1, 0.15) is 0 Å². The predicted molar refractivity (Wildman–Crippen MR) is 198 cm³/mol. The van der Waals surface area contributed by atoms with Gasteiger partial charge in [0.25, 0.3) is 0 Å². The quantitative estimate of drug-likeness (QED) is 0.194. The lowest BCUT2D eigenvalue weighted by Crippen LogP contribution is -2.11. The van der Waals surface area contributed by atoms with Gasteiger partial charge in [-0.2, -0.15) is 0 Å². The van der Waals surface area contributed by atoms with Crippen molar-refractivity contribution in [3.8, 4) is 22.3 Å². The van der Waals surface area contributed by atoms with Crippen LogP contribution in [0.25, 0.3) is 64.0 Å². The van der Waals surface area contributed by atoms with E-state index in [9.17, 15) is 0 Å². The van der Waals surface area contributed by atoms with Crippen molar-refractivity contribution < 1.29 is 0 Å². The minimum atomic E-state index is 0.896. The average molecular weight is 605 g/mol. The maximum absolute atomic E-state index is 5.02. The predicted octanol–water partition coefficient (Wildman–Crippen LogP) is 12.6. The van der Waals surface area contributed by atoms with Crippen molar-refractivity contribution in [2.45, 2.75) is 0 Å². The molecule has 3 heteroatoms. The summed E-state index contributed by atoms with van der Waals surface area (Å²) in [5.41, 5.74) is 6.92. The van der Waals surface area contributed by atoms with Crippen LogP contribution in [0.2, 0.25) is 0 Å². The van der Waals surface area contributed by atoms with E-state index in [-0.39, 0.29) is 0 Å². The maximum atomic E-state index is 5.02. The molecule has 0 aliphatic rings. The molecule has 0 amide bonds. The van der Waals surface area contributed by atoms with Gasteiger partial charge in [-0.25, -0.2) is 4.98 Å². The number of aromatic nitrogens is 1. The topological polar surface area (TPSA) is 16.1 Å². The zero-order valence-corrected chi connectivity index (χ0v) is 25.8. The van der Waals surface area contributed by atoms with Gasteiger partial charge in [-0.15, -0.1) is 11.3 Å². The van der Waals surface area contributed by atoms with Crippen LogP contribution in [-0.2, 0) is 0 Å². The van der Waals surface area contributed by atoms with E-state index in [4.69, 9.17) is 4.98 Å². The minimum absolute atomic E-state index is 0.896. The monoisotopic (exact) mass is 604 g/mol. The molecule has 2 heterocycles. The standard InChI is InChI=1S/C43H28N2S/c1-3-9-33-25-35(15-13-29(33)7-1)31-17-21-37(22-18-31)45(43-27-40-39-11-5-6-12-41(39)46-42(40)28-44-43)38-23-19-32(20-24-38)36-16-14-30-8-2-4-10-34(30)26-36/h1-28H. The fourth-order valence-electron chi connectivity index (χ4n) is 6.50. The van der Waals surface area contributed by atoms with Crippen molar-refractivity contribution in [1.82, 2.24) is 4.98 Å². The summed E-state index contributed by atoms with van der Waals surface area (Å²) in [6, 6.07) is 58.9. The van der Waals surface area contributed by atoms with Crippen molar-refractivity contribution in [3.63, 3.8) is 0 Å². The largest absolute Gasteiger partial charge is 0.295 e. The Hall–Kier alpha value is -5.77. The van der Waals surface area contributed by atoms with E-state index in [1.165, 1.54) is 64.0 Å². The third-order valence-electron chi connectivity index (χ3n) is 8.90. The summed E-state index contributed by atoms with van der Waals surface area (Å²) in [4.78, 5) is 7.29. The van der Waals surface area contributed by atoms with Crippen molar-refractivity contribution in [1.29, 1.82) is 0 Å². The molecular formula is C43H28N2S. The van der Waals surface area contributed by atoms with Crippen LogP contribution >= 0.6 is 11.3 Å². The molecule has 0 unspecified atom stereocenters. The Morgan fingerprint density at radius 1 is 0.391 bits per heavy atom. The highest BCUT2D eigenvalue weighted by molar-refractivity contribution is 7.25. The third-order valence-corrected chi connectivity index (χ3v) is 10.0. The van der Waals surface area contributed by atoms with E-state index < -0.39 is 0 Å². The molecule has 46 heavy (non-hydrogen) atoms. The highest BCUT2D eigenvalue weighted by Gasteiger charge is 2.17. The number of benzene rings is 7. The SMILES string of the molecule is c1ccc2cc(-c3ccc(N(c4ccc(-c5ccc6ccccc6c5)cc4)c4cc5c(cn4)sc4ccccc45)cc3)ccc2c1. The number of hydrogen-bond acceptors (Lipinski definition) is 3. The maximum Gasteiger partial charge on any atom is 0.138 e. The van der Waals surface area contributed by atoms with Crippen LogP contribution in [0.4, 0.5) is 17.2 Å². The first-order valence-electron chi connectivity index (χ1n) is 15.5. The van der Waals surface area contributed by atoms with Crippen LogP contribution in [0.5, 0.6) is 0 Å². The third kappa shape index (κ3) is 4.70. The van der Waals surface area contributed by atoms with Gasteiger partial charge in [-0.1, -0.05) is 115 Å². The summed E-state index contributed by atoms with van der Waals surface area (Å²) in [5.74, 6) is 0.896. The van der Waals surface area contributed by atoms with Crippen LogP contribution in [0.15, 0.2) is 170 Å². The summed E-state index contributed by atoms with van der Waals surface area (Å²) < 4.78 is 2.48. The van der Waals surface area contributed by atoms with Gasteiger partial charge in [-0.05, 0) is 92.3 Å². The smallest absolute Gasteiger partial charge is 0.138 e. The van der Waals surface area contributed by atoms with Gasteiger partial charge in [0, 0.05) is 33.0 Å². The number of thiophene rings is 1. The number of rotatable bonds is 5. The number of fused-ring (bicyclic) bond motifs is 5. The lowest BCUT2D eigenvalue weighted by atomic mass is 10.0. The van der Waals surface area contributed by atoms with Crippen LogP contribution < -0.4 is 4.90 Å². The number of pyridine rings is 1. The molecule has 0 saturated carbocycles. The Morgan fingerprint density at radius 3 is 1.48 bits per heavy atom. The van der Waals surface area contributed by atoms with Crippen molar-refractivity contribution in [2.24, 2.45) is 0 Å². The normalized spacial score (nSPS) is 11.5. The first-order chi connectivity index (χ1) is 22.8. The van der Waals surface area contributed by atoms with Gasteiger partial charge in [0.2, 0.25) is 0 Å². The molecule has 2 nitrogen and oxygen atoms in total. The fraction of sp³-hybridized carbons (Fsp3) is 0. The lowest BCUT2D eigenvalue weighted by molar-refractivity contribution is 1.19. The highest BCUT2D eigenvalue weighted by atomic mass is 32.1. The molecule has 0 aliphatic carbocycles. The van der Waals surface area contributed by atoms with Gasteiger partial charge in [0.15, 0.2) is 0 Å². The van der Waals surface area contributed by atoms with Gasteiger partial charge < -0.3 is 0 Å². The zero-order valence-electron chi connectivity index (χ0n) is 25.0. The molecule has 0 aliphatic heterocycles. The van der Waals surface area contributed by atoms with Crippen LogP contribution in [0.3, 0.4) is 0 Å². The highest BCUT2D eigenvalue weighted by Crippen LogP contribution is 2.40. The lowest BCUT2D eigenvalue weighted by Gasteiger charge is -2.25. The van der Waals surface area contributed by atoms with E-state index in [1.54, 1.807) is 11.3 Å². The Kier molecular flexibility index (Phi) is 6.36. The second kappa shape index (κ2) is 11.0.